The SMILES string of the molecule is CCOC(=O)C(C)NP(=O)(OC[C@@H]1OC[C@H](n2cc(C)c(=O)[nH]c2=O)O1)Oc1ccc(Cl)cc1Cl. The van der Waals surface area contributed by atoms with Crippen LogP contribution in [-0.2, 0) is 28.1 Å². The summed E-state index contributed by atoms with van der Waals surface area (Å²) in [5.74, 6) is -0.687. The van der Waals surface area contributed by atoms with Crippen molar-refractivity contribution in [2.24, 2.45) is 0 Å². The molecule has 0 spiro atoms. The van der Waals surface area contributed by atoms with E-state index in [1.54, 1.807) is 6.92 Å². The highest BCUT2D eigenvalue weighted by molar-refractivity contribution is 7.52. The Hall–Kier alpha value is -2.18. The average molecular weight is 552 g/mol. The molecule has 3 rings (SSSR count). The van der Waals surface area contributed by atoms with E-state index < -0.39 is 50.1 Å². The number of carbonyl (C=O) groups excluding carboxylic acids is 1. The zero-order chi connectivity index (χ0) is 25.8. The van der Waals surface area contributed by atoms with Crippen molar-refractivity contribution in [1.29, 1.82) is 0 Å². The highest BCUT2D eigenvalue weighted by Crippen LogP contribution is 2.47. The first-order valence-electron chi connectivity index (χ1n) is 10.4. The van der Waals surface area contributed by atoms with E-state index in [4.69, 9.17) is 46.5 Å². The van der Waals surface area contributed by atoms with E-state index >= 15 is 0 Å². The van der Waals surface area contributed by atoms with Gasteiger partial charge in [-0.3, -0.25) is 23.7 Å². The number of hydrogen-bond acceptors (Lipinski definition) is 9. The maximum atomic E-state index is 13.5. The zero-order valence-electron chi connectivity index (χ0n) is 19.0. The molecule has 1 aliphatic heterocycles. The minimum Gasteiger partial charge on any atom is -0.465 e. The molecule has 1 saturated heterocycles. The van der Waals surface area contributed by atoms with Crippen molar-refractivity contribution in [2.75, 3.05) is 19.8 Å². The first kappa shape index (κ1) is 27.4. The van der Waals surface area contributed by atoms with Crippen molar-refractivity contribution >= 4 is 36.9 Å². The molecule has 192 valence electrons. The molecule has 0 saturated carbocycles. The molecule has 0 aliphatic carbocycles. The van der Waals surface area contributed by atoms with E-state index in [-0.39, 0.29) is 24.0 Å². The van der Waals surface area contributed by atoms with E-state index in [0.29, 0.717) is 10.6 Å². The van der Waals surface area contributed by atoms with Crippen LogP contribution in [0, 0.1) is 6.92 Å². The molecule has 1 aromatic carbocycles. The monoisotopic (exact) mass is 551 g/mol. The van der Waals surface area contributed by atoms with E-state index in [9.17, 15) is 18.9 Å². The molecule has 2 unspecified atom stereocenters. The average Bonchev–Trinajstić information content (AvgIpc) is 3.26. The lowest BCUT2D eigenvalue weighted by Gasteiger charge is -2.24. The largest absolute Gasteiger partial charge is 0.465 e. The van der Waals surface area contributed by atoms with Crippen molar-refractivity contribution in [1.82, 2.24) is 14.6 Å². The van der Waals surface area contributed by atoms with Gasteiger partial charge in [-0.25, -0.2) is 9.36 Å². The number of nitrogens with one attached hydrogen (secondary N) is 2. The summed E-state index contributed by atoms with van der Waals surface area (Å²) in [6.45, 7) is 4.26. The number of rotatable bonds is 10. The van der Waals surface area contributed by atoms with Gasteiger partial charge in [-0.2, -0.15) is 5.09 Å². The van der Waals surface area contributed by atoms with Gasteiger partial charge in [0.1, 0.15) is 18.4 Å². The number of ether oxygens (including phenoxy) is 3. The highest BCUT2D eigenvalue weighted by atomic mass is 35.5. The van der Waals surface area contributed by atoms with E-state index in [2.05, 4.69) is 10.1 Å². The molecule has 1 fully saturated rings. The van der Waals surface area contributed by atoms with Gasteiger partial charge < -0.3 is 18.7 Å². The first-order chi connectivity index (χ1) is 16.5. The molecule has 35 heavy (non-hydrogen) atoms. The van der Waals surface area contributed by atoms with Crippen LogP contribution >= 0.6 is 30.9 Å². The second-order valence-corrected chi connectivity index (χ2v) is 9.93. The smallest absolute Gasteiger partial charge is 0.459 e. The fourth-order valence-corrected chi connectivity index (χ4v) is 4.96. The number of halogens is 2. The minimum atomic E-state index is -4.24. The van der Waals surface area contributed by atoms with Crippen LogP contribution in [0.4, 0.5) is 0 Å². The highest BCUT2D eigenvalue weighted by Gasteiger charge is 2.36. The van der Waals surface area contributed by atoms with E-state index in [1.165, 1.54) is 42.8 Å². The maximum Gasteiger partial charge on any atom is 0.459 e. The second-order valence-electron chi connectivity index (χ2n) is 7.39. The first-order valence-corrected chi connectivity index (χ1v) is 12.7. The van der Waals surface area contributed by atoms with Gasteiger partial charge in [-0.1, -0.05) is 23.2 Å². The quantitative estimate of drug-likeness (QED) is 0.333. The van der Waals surface area contributed by atoms with Crippen LogP contribution in [0.25, 0.3) is 0 Å². The van der Waals surface area contributed by atoms with Crippen LogP contribution in [0.15, 0.2) is 34.0 Å². The van der Waals surface area contributed by atoms with Crippen molar-refractivity contribution in [3.63, 3.8) is 0 Å². The van der Waals surface area contributed by atoms with Crippen LogP contribution in [0.2, 0.25) is 10.0 Å². The number of nitrogens with zero attached hydrogens (tertiary/aromatic N) is 1. The predicted molar refractivity (Wildman–Crippen MR) is 126 cm³/mol. The standard InChI is InChI=1S/C20H24Cl2N3O9P/c1-4-30-19(27)12(3)24-35(29,34-15-6-5-13(21)7-14(15)22)32-10-17-31-9-16(33-17)25-8-11(2)18(26)23-20(25)28/h5-8,12,16-17H,4,9-10H2,1-3H3,(H,24,29)(H,23,26,28)/t12?,16-,17-,35?/m1/s1. The van der Waals surface area contributed by atoms with E-state index in [1.807, 2.05) is 0 Å². The Morgan fingerprint density at radius 1 is 1.37 bits per heavy atom. The molecular weight excluding hydrogens is 528 g/mol. The van der Waals surface area contributed by atoms with Gasteiger partial charge in [0.25, 0.3) is 5.56 Å². The summed E-state index contributed by atoms with van der Waals surface area (Å²) >= 11 is 12.0. The molecule has 2 heterocycles. The molecule has 1 aliphatic rings. The number of carbonyl (C=O) groups is 1. The summed E-state index contributed by atoms with van der Waals surface area (Å²) in [5.41, 5.74) is -0.874. The van der Waals surface area contributed by atoms with Crippen LogP contribution in [0.1, 0.15) is 25.6 Å². The Kier molecular flexibility index (Phi) is 9.16. The van der Waals surface area contributed by atoms with Gasteiger partial charge in [0.15, 0.2) is 12.5 Å². The molecule has 4 atom stereocenters. The molecule has 2 N–H and O–H groups in total. The summed E-state index contributed by atoms with van der Waals surface area (Å²) in [6.07, 6.45) is -0.558. The van der Waals surface area contributed by atoms with Gasteiger partial charge in [-0.05, 0) is 39.0 Å². The number of aromatic nitrogens is 2. The van der Waals surface area contributed by atoms with Gasteiger partial charge in [0.2, 0.25) is 0 Å². The molecule has 0 radical (unpaired) electrons. The normalized spacial score (nSPS) is 20.3. The molecule has 1 aromatic heterocycles. The number of aryl methyl sites for hydroxylation is 1. The van der Waals surface area contributed by atoms with Gasteiger partial charge >= 0.3 is 19.4 Å². The number of hydrogen-bond donors (Lipinski definition) is 2. The Bertz CT molecular complexity index is 1240. The van der Waals surface area contributed by atoms with Gasteiger partial charge in [0.05, 0.1) is 18.2 Å². The Morgan fingerprint density at radius 3 is 2.80 bits per heavy atom. The molecule has 2 aromatic rings. The van der Waals surface area contributed by atoms with E-state index in [0.717, 1.165) is 0 Å². The summed E-state index contributed by atoms with van der Waals surface area (Å²) in [7, 11) is -4.24. The van der Waals surface area contributed by atoms with Crippen molar-refractivity contribution in [2.45, 2.75) is 39.3 Å². The maximum absolute atomic E-state index is 13.5. The van der Waals surface area contributed by atoms with Crippen molar-refractivity contribution in [3.05, 3.63) is 60.8 Å². The second kappa shape index (κ2) is 11.7. The fourth-order valence-electron chi connectivity index (χ4n) is 2.96. The number of benzene rings is 1. The summed E-state index contributed by atoms with van der Waals surface area (Å²) < 4.78 is 41.8. The molecule has 15 heteroatoms. The van der Waals surface area contributed by atoms with Crippen molar-refractivity contribution < 1.29 is 32.6 Å². The third kappa shape index (κ3) is 7.17. The van der Waals surface area contributed by atoms with Crippen LogP contribution in [0.3, 0.4) is 0 Å². The number of aromatic amines is 1. The number of esters is 1. The van der Waals surface area contributed by atoms with Crippen LogP contribution in [-0.4, -0.2) is 47.7 Å². The Morgan fingerprint density at radius 2 is 2.11 bits per heavy atom. The Labute approximate surface area is 210 Å². The third-order valence-electron chi connectivity index (χ3n) is 4.67. The lowest BCUT2D eigenvalue weighted by Crippen LogP contribution is -2.36. The zero-order valence-corrected chi connectivity index (χ0v) is 21.4. The minimum absolute atomic E-state index is 0.00985. The lowest BCUT2D eigenvalue weighted by atomic mass is 10.3. The van der Waals surface area contributed by atoms with Gasteiger partial charge in [-0.15, -0.1) is 0 Å². The Balaban J connectivity index is 1.73. The lowest BCUT2D eigenvalue weighted by molar-refractivity contribution is -0.144. The predicted octanol–water partition coefficient (Wildman–Crippen LogP) is 2.77. The van der Waals surface area contributed by atoms with Crippen LogP contribution in [0.5, 0.6) is 5.75 Å². The van der Waals surface area contributed by atoms with Crippen LogP contribution < -0.4 is 20.9 Å². The fraction of sp³-hybridized carbons (Fsp3) is 0.450. The third-order valence-corrected chi connectivity index (χ3v) is 6.83. The number of H-pyrrole nitrogens is 1. The molecule has 0 amide bonds. The van der Waals surface area contributed by atoms with Crippen molar-refractivity contribution in [3.8, 4) is 5.75 Å². The summed E-state index contributed by atoms with van der Waals surface area (Å²) in [6, 6.07) is 3.18. The summed E-state index contributed by atoms with van der Waals surface area (Å²) in [4.78, 5) is 37.9. The molecule has 0 bridgehead atoms. The van der Waals surface area contributed by atoms with Gasteiger partial charge in [0, 0.05) is 16.8 Å². The topological polar surface area (TPSA) is 147 Å². The molecular formula is C20H24Cl2N3O9P. The summed E-state index contributed by atoms with van der Waals surface area (Å²) in [5, 5.41) is 2.89. The molecule has 12 nitrogen and oxygen atoms in total.